The van der Waals surface area contributed by atoms with Crippen LogP contribution >= 0.6 is 0 Å². The number of nitrogens with zero attached hydrogens (tertiary/aromatic N) is 1. The van der Waals surface area contributed by atoms with E-state index in [9.17, 15) is 4.79 Å². The molecule has 0 saturated carbocycles. The molecule has 1 amide bonds. The minimum atomic E-state index is -0.655. The normalized spacial score (nSPS) is 25.9. The van der Waals surface area contributed by atoms with Crippen molar-refractivity contribution in [1.82, 2.24) is 4.90 Å². The van der Waals surface area contributed by atoms with Crippen LogP contribution in [0, 0.1) is 5.92 Å². The van der Waals surface area contributed by atoms with Gasteiger partial charge in [0.05, 0.1) is 5.54 Å². The number of ether oxygens (including phenoxy) is 1. The Balaban J connectivity index is 1.91. The molecule has 0 aliphatic carbocycles. The molecule has 0 unspecified atom stereocenters. The van der Waals surface area contributed by atoms with Gasteiger partial charge in [-0.2, -0.15) is 0 Å². The molecule has 2 saturated heterocycles. The molecule has 2 fully saturated rings. The molecule has 0 aromatic heterocycles. The van der Waals surface area contributed by atoms with Crippen molar-refractivity contribution < 1.29 is 9.53 Å². The maximum Gasteiger partial charge on any atom is 0.242 e. The van der Waals surface area contributed by atoms with Crippen molar-refractivity contribution >= 4 is 5.91 Å². The molecule has 4 heteroatoms. The van der Waals surface area contributed by atoms with Crippen molar-refractivity contribution in [1.29, 1.82) is 0 Å². The van der Waals surface area contributed by atoms with Gasteiger partial charge in [-0.15, -0.1) is 0 Å². The maximum atomic E-state index is 12.4. The summed E-state index contributed by atoms with van der Waals surface area (Å²) in [7, 11) is 0. The molecule has 0 radical (unpaired) electrons. The van der Waals surface area contributed by atoms with E-state index in [0.29, 0.717) is 26.1 Å². The lowest BCUT2D eigenvalue weighted by Gasteiger charge is -2.39. The predicted octanol–water partition coefficient (Wildman–Crippen LogP) is 1.14. The van der Waals surface area contributed by atoms with Crippen LogP contribution in [-0.4, -0.2) is 42.6 Å². The van der Waals surface area contributed by atoms with Gasteiger partial charge in [0, 0.05) is 26.3 Å². The Kier molecular flexibility index (Phi) is 4.05. The van der Waals surface area contributed by atoms with E-state index in [1.165, 1.54) is 6.42 Å². The number of hydrogen-bond acceptors (Lipinski definition) is 3. The lowest BCUT2D eigenvalue weighted by Crippen LogP contribution is -2.59. The van der Waals surface area contributed by atoms with Crippen molar-refractivity contribution in [3.8, 4) is 0 Å². The molecule has 98 valence electrons. The van der Waals surface area contributed by atoms with Gasteiger partial charge in [-0.05, 0) is 31.6 Å². The van der Waals surface area contributed by atoms with Crippen molar-refractivity contribution in [2.75, 3.05) is 26.3 Å². The van der Waals surface area contributed by atoms with Gasteiger partial charge in [-0.1, -0.05) is 13.3 Å². The van der Waals surface area contributed by atoms with Gasteiger partial charge in [-0.25, -0.2) is 0 Å². The highest BCUT2D eigenvalue weighted by Crippen LogP contribution is 2.25. The van der Waals surface area contributed by atoms with Crippen LogP contribution in [0.1, 0.15) is 39.0 Å². The van der Waals surface area contributed by atoms with Gasteiger partial charge < -0.3 is 15.4 Å². The molecule has 2 N–H and O–H groups in total. The minimum absolute atomic E-state index is 0.148. The quantitative estimate of drug-likeness (QED) is 0.787. The molecule has 0 atom stereocenters. The van der Waals surface area contributed by atoms with Gasteiger partial charge >= 0.3 is 0 Å². The number of carbonyl (C=O) groups excluding carboxylic acids is 1. The molecule has 0 bridgehead atoms. The number of likely N-dealkylation sites (tertiary alicyclic amines) is 1. The van der Waals surface area contributed by atoms with Crippen LogP contribution < -0.4 is 5.73 Å². The van der Waals surface area contributed by atoms with Crippen LogP contribution in [0.4, 0.5) is 0 Å². The highest BCUT2D eigenvalue weighted by atomic mass is 16.5. The predicted molar refractivity (Wildman–Crippen MR) is 66.6 cm³/mol. The Bertz CT molecular complexity index is 267. The lowest BCUT2D eigenvalue weighted by atomic mass is 9.87. The second-order valence-electron chi connectivity index (χ2n) is 5.41. The van der Waals surface area contributed by atoms with Gasteiger partial charge in [-0.3, -0.25) is 4.79 Å². The first kappa shape index (κ1) is 12.8. The first-order valence-corrected chi connectivity index (χ1v) is 6.82. The van der Waals surface area contributed by atoms with Gasteiger partial charge in [0.25, 0.3) is 0 Å². The molecule has 0 aromatic rings. The van der Waals surface area contributed by atoms with Gasteiger partial charge in [0.15, 0.2) is 0 Å². The number of rotatable bonds is 2. The Hall–Kier alpha value is -0.610. The molecule has 17 heavy (non-hydrogen) atoms. The van der Waals surface area contributed by atoms with Crippen LogP contribution in [0.5, 0.6) is 0 Å². The van der Waals surface area contributed by atoms with Crippen molar-refractivity contribution in [2.45, 2.75) is 44.6 Å². The fraction of sp³-hybridized carbons (Fsp3) is 0.923. The van der Waals surface area contributed by atoms with Gasteiger partial charge in [0.2, 0.25) is 5.91 Å². The summed E-state index contributed by atoms with van der Waals surface area (Å²) in [4.78, 5) is 14.4. The monoisotopic (exact) mass is 240 g/mol. The second-order valence-corrected chi connectivity index (χ2v) is 5.41. The van der Waals surface area contributed by atoms with Crippen LogP contribution in [0.15, 0.2) is 0 Å². The Labute approximate surface area is 103 Å². The fourth-order valence-electron chi connectivity index (χ4n) is 2.81. The third-order valence-corrected chi connectivity index (χ3v) is 4.29. The van der Waals surface area contributed by atoms with E-state index in [1.807, 2.05) is 4.90 Å². The van der Waals surface area contributed by atoms with E-state index in [1.54, 1.807) is 0 Å². The number of amides is 1. The van der Waals surface area contributed by atoms with E-state index < -0.39 is 5.54 Å². The summed E-state index contributed by atoms with van der Waals surface area (Å²) >= 11 is 0. The third kappa shape index (κ3) is 2.80. The van der Waals surface area contributed by atoms with Gasteiger partial charge in [0.1, 0.15) is 0 Å². The van der Waals surface area contributed by atoms with Crippen molar-refractivity contribution in [3.05, 3.63) is 0 Å². The second kappa shape index (κ2) is 5.36. The molecule has 2 aliphatic heterocycles. The van der Waals surface area contributed by atoms with E-state index >= 15 is 0 Å². The molecule has 0 aromatic carbocycles. The number of nitrogens with two attached hydrogens (primary N) is 1. The van der Waals surface area contributed by atoms with E-state index in [0.717, 1.165) is 31.8 Å². The van der Waals surface area contributed by atoms with E-state index in [4.69, 9.17) is 10.5 Å². The summed E-state index contributed by atoms with van der Waals surface area (Å²) in [6.45, 7) is 5.24. The first-order chi connectivity index (χ1) is 8.15. The Morgan fingerprint density at radius 2 is 1.94 bits per heavy atom. The summed E-state index contributed by atoms with van der Waals surface area (Å²) in [5, 5.41) is 0. The minimum Gasteiger partial charge on any atom is -0.381 e. The van der Waals surface area contributed by atoms with Crippen LogP contribution in [0.3, 0.4) is 0 Å². The number of hydrogen-bond donors (Lipinski definition) is 1. The highest BCUT2D eigenvalue weighted by molar-refractivity contribution is 5.86. The lowest BCUT2D eigenvalue weighted by molar-refractivity contribution is -0.142. The van der Waals surface area contributed by atoms with Crippen LogP contribution in [-0.2, 0) is 9.53 Å². The van der Waals surface area contributed by atoms with E-state index in [-0.39, 0.29) is 5.91 Å². The third-order valence-electron chi connectivity index (χ3n) is 4.29. The molecule has 2 aliphatic rings. The maximum absolute atomic E-state index is 12.4. The van der Waals surface area contributed by atoms with Crippen molar-refractivity contribution in [2.24, 2.45) is 11.7 Å². The molecule has 4 nitrogen and oxygen atoms in total. The Morgan fingerprint density at radius 1 is 1.35 bits per heavy atom. The fourth-order valence-corrected chi connectivity index (χ4v) is 2.81. The molecule has 0 spiro atoms. The summed E-state index contributed by atoms with van der Waals surface area (Å²) in [6, 6.07) is 0. The van der Waals surface area contributed by atoms with Crippen LogP contribution in [0.2, 0.25) is 0 Å². The Morgan fingerprint density at radius 3 is 2.47 bits per heavy atom. The number of carbonyl (C=O) groups is 1. The van der Waals surface area contributed by atoms with E-state index in [2.05, 4.69) is 6.92 Å². The zero-order valence-corrected chi connectivity index (χ0v) is 10.8. The average Bonchev–Trinajstić information content (AvgIpc) is 2.39. The average molecular weight is 240 g/mol. The smallest absolute Gasteiger partial charge is 0.242 e. The summed E-state index contributed by atoms with van der Waals surface area (Å²) < 4.78 is 5.29. The molecular weight excluding hydrogens is 216 g/mol. The summed E-state index contributed by atoms with van der Waals surface area (Å²) in [5.74, 6) is 0.942. The molecule has 2 rings (SSSR count). The zero-order chi connectivity index (χ0) is 12.3. The number of piperidine rings is 1. The topological polar surface area (TPSA) is 55.6 Å². The summed E-state index contributed by atoms with van der Waals surface area (Å²) in [6.07, 6.45) is 4.83. The first-order valence-electron chi connectivity index (χ1n) is 6.82. The standard InChI is InChI=1S/C13H24N2O2/c1-2-11-3-7-15(8-4-11)12(16)13(14)5-9-17-10-6-13/h11H,2-10,14H2,1H3. The summed E-state index contributed by atoms with van der Waals surface area (Å²) in [5.41, 5.74) is 5.57. The largest absolute Gasteiger partial charge is 0.381 e. The van der Waals surface area contributed by atoms with Crippen LogP contribution in [0.25, 0.3) is 0 Å². The molecular formula is C13H24N2O2. The SMILES string of the molecule is CCC1CCN(C(=O)C2(N)CCOCC2)CC1. The zero-order valence-electron chi connectivity index (χ0n) is 10.8. The van der Waals surface area contributed by atoms with Crippen molar-refractivity contribution in [3.63, 3.8) is 0 Å². The highest BCUT2D eigenvalue weighted by Gasteiger charge is 2.39. The molecule has 2 heterocycles.